The van der Waals surface area contributed by atoms with Crippen molar-refractivity contribution in [2.45, 2.75) is 67.7 Å². The van der Waals surface area contributed by atoms with Crippen molar-refractivity contribution in [3.63, 3.8) is 0 Å². The van der Waals surface area contributed by atoms with E-state index in [4.69, 9.17) is 0 Å². The van der Waals surface area contributed by atoms with Crippen molar-refractivity contribution >= 4 is 0 Å². The van der Waals surface area contributed by atoms with Crippen LogP contribution in [0.15, 0.2) is 0 Å². The topological polar surface area (TPSA) is 0 Å². The molecular weight excluding hydrogens is 168 g/mol. The van der Waals surface area contributed by atoms with Gasteiger partial charge in [-0.2, -0.15) is 0 Å². The van der Waals surface area contributed by atoms with Gasteiger partial charge in [-0.1, -0.05) is 61.3 Å². The van der Waals surface area contributed by atoms with Gasteiger partial charge in [-0.15, -0.1) is 0 Å². The predicted octanol–water partition coefficient (Wildman–Crippen LogP) is 5.13. The van der Waals surface area contributed by atoms with Crippen LogP contribution in [0.3, 0.4) is 0 Å². The second-order valence-corrected chi connectivity index (χ2v) is 5.91. The van der Waals surface area contributed by atoms with E-state index in [1.54, 1.807) is 0 Å². The number of rotatable bonds is 6. The van der Waals surface area contributed by atoms with Crippen LogP contribution in [-0.4, -0.2) is 0 Å². The summed E-state index contributed by atoms with van der Waals surface area (Å²) in [6.45, 7) is 16.7. The average molecular weight is 198 g/mol. The first-order valence-electron chi connectivity index (χ1n) is 6.34. The summed E-state index contributed by atoms with van der Waals surface area (Å²) in [5, 5.41) is 0. The van der Waals surface area contributed by atoms with Crippen LogP contribution in [0.25, 0.3) is 0 Å². The Bertz CT molecular complexity index is 136. The summed E-state index contributed by atoms with van der Waals surface area (Å²) in [4.78, 5) is 0. The molecule has 1 atom stereocenters. The molecule has 0 aromatic carbocycles. The van der Waals surface area contributed by atoms with Gasteiger partial charge in [0.05, 0.1) is 0 Å². The molecular formula is C14H30. The lowest BCUT2D eigenvalue weighted by atomic mass is 9.65. The van der Waals surface area contributed by atoms with Gasteiger partial charge in [-0.05, 0) is 29.6 Å². The first-order valence-corrected chi connectivity index (χ1v) is 6.34. The van der Waals surface area contributed by atoms with Gasteiger partial charge in [0.25, 0.3) is 0 Å². The van der Waals surface area contributed by atoms with Crippen LogP contribution in [0, 0.1) is 23.2 Å². The highest BCUT2D eigenvalue weighted by Gasteiger charge is 2.32. The van der Waals surface area contributed by atoms with Crippen molar-refractivity contribution in [2.75, 3.05) is 0 Å². The summed E-state index contributed by atoms with van der Waals surface area (Å²) in [5.74, 6) is 2.47. The Morgan fingerprint density at radius 2 is 1.36 bits per heavy atom. The molecule has 0 heteroatoms. The van der Waals surface area contributed by atoms with Crippen LogP contribution < -0.4 is 0 Å². The monoisotopic (exact) mass is 198 g/mol. The van der Waals surface area contributed by atoms with Gasteiger partial charge in [-0.3, -0.25) is 0 Å². The van der Waals surface area contributed by atoms with Crippen LogP contribution in [0.4, 0.5) is 0 Å². The molecule has 0 nitrogen and oxygen atoms in total. The lowest BCUT2D eigenvalue weighted by molar-refractivity contribution is 0.0981. The molecule has 0 saturated heterocycles. The third-order valence-electron chi connectivity index (χ3n) is 4.21. The van der Waals surface area contributed by atoms with Gasteiger partial charge >= 0.3 is 0 Å². The van der Waals surface area contributed by atoms with Crippen molar-refractivity contribution in [1.29, 1.82) is 0 Å². The first kappa shape index (κ1) is 14.0. The van der Waals surface area contributed by atoms with E-state index in [0.29, 0.717) is 5.41 Å². The third kappa shape index (κ3) is 3.63. The minimum atomic E-state index is 0.522. The van der Waals surface area contributed by atoms with Gasteiger partial charge in [0.1, 0.15) is 0 Å². The zero-order valence-corrected chi connectivity index (χ0v) is 11.4. The van der Waals surface area contributed by atoms with E-state index < -0.39 is 0 Å². The normalized spacial score (nSPS) is 15.2. The first-order chi connectivity index (χ1) is 6.34. The van der Waals surface area contributed by atoms with Crippen molar-refractivity contribution in [2.24, 2.45) is 23.2 Å². The third-order valence-corrected chi connectivity index (χ3v) is 4.21. The summed E-state index contributed by atoms with van der Waals surface area (Å²) in [7, 11) is 0. The molecule has 0 aliphatic carbocycles. The Kier molecular flexibility index (Phi) is 5.78. The summed E-state index contributed by atoms with van der Waals surface area (Å²) in [6, 6.07) is 0. The van der Waals surface area contributed by atoms with E-state index in [2.05, 4.69) is 48.5 Å². The minimum absolute atomic E-state index is 0.522. The Hall–Kier alpha value is 0. The summed E-state index contributed by atoms with van der Waals surface area (Å²) >= 11 is 0. The molecule has 0 aliphatic rings. The number of hydrogen-bond donors (Lipinski definition) is 0. The maximum Gasteiger partial charge on any atom is -0.0277 e. The molecule has 0 saturated carbocycles. The smallest absolute Gasteiger partial charge is 0.0277 e. The largest absolute Gasteiger partial charge is 0.0654 e. The van der Waals surface area contributed by atoms with Crippen LogP contribution in [0.2, 0.25) is 0 Å². The molecule has 0 rings (SSSR count). The van der Waals surface area contributed by atoms with E-state index in [0.717, 1.165) is 17.8 Å². The van der Waals surface area contributed by atoms with Crippen molar-refractivity contribution in [1.82, 2.24) is 0 Å². The SMILES string of the molecule is CCCC(C)CC(C)(C(C)C)C(C)C. The standard InChI is InChI=1S/C14H30/c1-8-9-13(6)10-14(7,11(2)3)12(4)5/h11-13H,8-10H2,1-7H3. The molecule has 0 bridgehead atoms. The van der Waals surface area contributed by atoms with Gasteiger partial charge in [0, 0.05) is 0 Å². The van der Waals surface area contributed by atoms with Gasteiger partial charge in [-0.25, -0.2) is 0 Å². The van der Waals surface area contributed by atoms with E-state index in [-0.39, 0.29) is 0 Å². The van der Waals surface area contributed by atoms with Gasteiger partial charge < -0.3 is 0 Å². The van der Waals surface area contributed by atoms with E-state index in [1.807, 2.05) is 0 Å². The molecule has 0 aromatic heterocycles. The van der Waals surface area contributed by atoms with E-state index in [1.165, 1.54) is 19.3 Å². The maximum atomic E-state index is 2.47. The van der Waals surface area contributed by atoms with Crippen LogP contribution in [0.1, 0.15) is 67.7 Å². The molecule has 0 aliphatic heterocycles. The molecule has 0 amide bonds. The molecule has 0 spiro atoms. The highest BCUT2D eigenvalue weighted by molar-refractivity contribution is 4.82. The Morgan fingerprint density at radius 3 is 1.64 bits per heavy atom. The molecule has 0 radical (unpaired) electrons. The molecule has 14 heavy (non-hydrogen) atoms. The van der Waals surface area contributed by atoms with Crippen LogP contribution >= 0.6 is 0 Å². The molecule has 1 unspecified atom stereocenters. The number of hydrogen-bond acceptors (Lipinski definition) is 0. The van der Waals surface area contributed by atoms with Crippen molar-refractivity contribution < 1.29 is 0 Å². The second-order valence-electron chi connectivity index (χ2n) is 5.91. The van der Waals surface area contributed by atoms with Crippen LogP contribution in [-0.2, 0) is 0 Å². The lowest BCUT2D eigenvalue weighted by Crippen LogP contribution is -2.31. The molecule has 0 heterocycles. The zero-order valence-electron chi connectivity index (χ0n) is 11.4. The maximum absolute atomic E-state index is 2.47. The predicted molar refractivity (Wildman–Crippen MR) is 66.5 cm³/mol. The molecule has 0 fully saturated rings. The molecule has 0 aromatic rings. The Labute approximate surface area is 91.5 Å². The fraction of sp³-hybridized carbons (Fsp3) is 1.00. The van der Waals surface area contributed by atoms with E-state index >= 15 is 0 Å². The summed E-state index contributed by atoms with van der Waals surface area (Å²) in [6.07, 6.45) is 4.10. The summed E-state index contributed by atoms with van der Waals surface area (Å²) < 4.78 is 0. The second kappa shape index (κ2) is 5.78. The van der Waals surface area contributed by atoms with Crippen molar-refractivity contribution in [3.05, 3.63) is 0 Å². The molecule has 0 N–H and O–H groups in total. The summed E-state index contributed by atoms with van der Waals surface area (Å²) in [5.41, 5.74) is 0.522. The van der Waals surface area contributed by atoms with Gasteiger partial charge in [0.2, 0.25) is 0 Å². The van der Waals surface area contributed by atoms with Gasteiger partial charge in [0.15, 0.2) is 0 Å². The lowest BCUT2D eigenvalue weighted by Gasteiger charge is -2.40. The zero-order chi connectivity index (χ0) is 11.4. The van der Waals surface area contributed by atoms with E-state index in [9.17, 15) is 0 Å². The fourth-order valence-corrected chi connectivity index (χ4v) is 2.48. The Morgan fingerprint density at radius 1 is 0.929 bits per heavy atom. The highest BCUT2D eigenvalue weighted by atomic mass is 14.4. The van der Waals surface area contributed by atoms with Crippen molar-refractivity contribution in [3.8, 4) is 0 Å². The Balaban J connectivity index is 4.37. The average Bonchev–Trinajstić information content (AvgIpc) is 2.03. The fourth-order valence-electron chi connectivity index (χ4n) is 2.48. The minimum Gasteiger partial charge on any atom is -0.0654 e. The quantitative estimate of drug-likeness (QED) is 0.555. The highest BCUT2D eigenvalue weighted by Crippen LogP contribution is 2.41. The van der Waals surface area contributed by atoms with Crippen LogP contribution in [0.5, 0.6) is 0 Å². The molecule has 86 valence electrons.